The van der Waals surface area contributed by atoms with Crippen molar-refractivity contribution < 1.29 is 14.4 Å². The minimum absolute atomic E-state index is 0.0963. The van der Waals surface area contributed by atoms with Crippen molar-refractivity contribution >= 4 is 17.7 Å². The third-order valence-electron chi connectivity index (χ3n) is 2.48. The minimum Gasteiger partial charge on any atom is -0.351 e. The van der Waals surface area contributed by atoms with E-state index < -0.39 is 17.7 Å². The van der Waals surface area contributed by atoms with E-state index in [0.717, 1.165) is 4.90 Å². The molecule has 1 aliphatic rings. The van der Waals surface area contributed by atoms with Crippen LogP contribution in [0, 0.1) is 0 Å². The van der Waals surface area contributed by atoms with E-state index in [1.807, 2.05) is 0 Å². The average Bonchev–Trinajstić information content (AvgIpc) is 2.62. The summed E-state index contributed by atoms with van der Waals surface area (Å²) in [5.74, 6) is -1.44. The molecule has 6 heteroatoms. The van der Waals surface area contributed by atoms with Gasteiger partial charge in [-0.25, -0.2) is 0 Å². The topological polar surface area (TPSA) is 79.4 Å². The fourth-order valence-corrected chi connectivity index (χ4v) is 1.64. The number of aromatic nitrogens is 1. The molecule has 6 nitrogen and oxygen atoms in total. The zero-order chi connectivity index (χ0) is 13.1. The standard InChI is InChI=1S/C12H11N3O3/c1-2-5-13-9(16)7-15-11(17)8-4-3-6-14-10(8)12(15)18/h2-4,6H,1,5,7H2,(H,13,16). The highest BCUT2D eigenvalue weighted by molar-refractivity contribution is 6.21. The molecule has 1 aliphatic heterocycles. The van der Waals surface area contributed by atoms with Crippen LogP contribution in [0.4, 0.5) is 0 Å². The molecule has 2 rings (SSSR count). The number of pyridine rings is 1. The van der Waals surface area contributed by atoms with Crippen molar-refractivity contribution in [3.8, 4) is 0 Å². The van der Waals surface area contributed by atoms with E-state index in [1.165, 1.54) is 18.3 Å². The molecule has 0 bridgehead atoms. The first-order valence-corrected chi connectivity index (χ1v) is 5.34. The lowest BCUT2D eigenvalue weighted by atomic mass is 10.2. The van der Waals surface area contributed by atoms with Crippen molar-refractivity contribution in [1.82, 2.24) is 15.2 Å². The van der Waals surface area contributed by atoms with Crippen LogP contribution in [0.25, 0.3) is 0 Å². The van der Waals surface area contributed by atoms with Gasteiger partial charge in [0.2, 0.25) is 5.91 Å². The van der Waals surface area contributed by atoms with Crippen LogP contribution in [0.1, 0.15) is 20.8 Å². The van der Waals surface area contributed by atoms with E-state index in [4.69, 9.17) is 0 Å². The van der Waals surface area contributed by atoms with E-state index in [-0.39, 0.29) is 17.8 Å². The largest absolute Gasteiger partial charge is 0.351 e. The fourth-order valence-electron chi connectivity index (χ4n) is 1.64. The summed E-state index contributed by atoms with van der Waals surface area (Å²) < 4.78 is 0. The molecule has 0 radical (unpaired) electrons. The first kappa shape index (κ1) is 12.0. The number of fused-ring (bicyclic) bond motifs is 1. The molecule has 0 aromatic carbocycles. The van der Waals surface area contributed by atoms with E-state index in [9.17, 15) is 14.4 Å². The van der Waals surface area contributed by atoms with Crippen LogP contribution in [-0.2, 0) is 4.79 Å². The van der Waals surface area contributed by atoms with Crippen molar-refractivity contribution in [2.24, 2.45) is 0 Å². The zero-order valence-corrected chi connectivity index (χ0v) is 9.55. The third kappa shape index (κ3) is 2.00. The number of carbonyl (C=O) groups excluding carboxylic acids is 3. The van der Waals surface area contributed by atoms with Gasteiger partial charge in [0, 0.05) is 12.7 Å². The van der Waals surface area contributed by atoms with E-state index in [1.54, 1.807) is 6.07 Å². The first-order valence-electron chi connectivity index (χ1n) is 5.34. The quantitative estimate of drug-likeness (QED) is 0.597. The van der Waals surface area contributed by atoms with Gasteiger partial charge in [0.15, 0.2) is 0 Å². The number of hydrogen-bond acceptors (Lipinski definition) is 4. The second-order valence-corrected chi connectivity index (χ2v) is 3.69. The van der Waals surface area contributed by atoms with Crippen LogP contribution in [0.15, 0.2) is 31.0 Å². The Balaban J connectivity index is 2.14. The first-order chi connectivity index (χ1) is 8.65. The summed E-state index contributed by atoms with van der Waals surface area (Å²) in [5.41, 5.74) is 0.332. The number of carbonyl (C=O) groups is 3. The maximum Gasteiger partial charge on any atom is 0.280 e. The summed E-state index contributed by atoms with van der Waals surface area (Å²) in [5, 5.41) is 2.50. The minimum atomic E-state index is -0.538. The molecule has 0 spiro atoms. The summed E-state index contributed by atoms with van der Waals surface area (Å²) in [6.07, 6.45) is 2.95. The van der Waals surface area contributed by atoms with Gasteiger partial charge in [-0.15, -0.1) is 6.58 Å². The van der Waals surface area contributed by atoms with E-state index in [2.05, 4.69) is 16.9 Å². The molecule has 1 aromatic rings. The zero-order valence-electron chi connectivity index (χ0n) is 9.55. The molecule has 1 aromatic heterocycles. The predicted molar refractivity (Wildman–Crippen MR) is 62.8 cm³/mol. The summed E-state index contributed by atoms with van der Waals surface area (Å²) in [6, 6.07) is 3.09. The molecule has 2 heterocycles. The normalized spacial score (nSPS) is 13.4. The van der Waals surface area contributed by atoms with E-state index in [0.29, 0.717) is 6.54 Å². The van der Waals surface area contributed by atoms with Gasteiger partial charge in [0.25, 0.3) is 11.8 Å². The van der Waals surface area contributed by atoms with Gasteiger partial charge >= 0.3 is 0 Å². The summed E-state index contributed by atoms with van der Waals surface area (Å²) in [6.45, 7) is 3.44. The molecule has 0 saturated carbocycles. The molecule has 0 aliphatic carbocycles. The van der Waals surface area contributed by atoms with Gasteiger partial charge in [-0.3, -0.25) is 24.3 Å². The van der Waals surface area contributed by atoms with Crippen molar-refractivity contribution in [2.45, 2.75) is 0 Å². The van der Waals surface area contributed by atoms with Crippen molar-refractivity contribution in [3.63, 3.8) is 0 Å². The molecular formula is C12H11N3O3. The Morgan fingerprint density at radius 2 is 2.22 bits per heavy atom. The van der Waals surface area contributed by atoms with Gasteiger partial charge in [0.05, 0.1) is 5.56 Å². The highest BCUT2D eigenvalue weighted by Crippen LogP contribution is 2.19. The molecular weight excluding hydrogens is 234 g/mol. The smallest absolute Gasteiger partial charge is 0.280 e. The summed E-state index contributed by atoms with van der Waals surface area (Å²) >= 11 is 0. The number of imide groups is 1. The van der Waals surface area contributed by atoms with Gasteiger partial charge < -0.3 is 5.32 Å². The van der Waals surface area contributed by atoms with Crippen LogP contribution < -0.4 is 5.32 Å². The van der Waals surface area contributed by atoms with Crippen LogP contribution in [0.2, 0.25) is 0 Å². The molecule has 0 atom stereocenters. The number of nitrogens with one attached hydrogen (secondary N) is 1. The summed E-state index contributed by atoms with van der Waals surface area (Å²) in [7, 11) is 0. The Kier molecular flexibility index (Phi) is 3.18. The molecule has 18 heavy (non-hydrogen) atoms. The van der Waals surface area contributed by atoms with Gasteiger partial charge in [-0.05, 0) is 12.1 Å². The molecule has 0 fully saturated rings. The Labute approximate surface area is 103 Å². The Bertz CT molecular complexity index is 504. The maximum atomic E-state index is 11.9. The molecule has 0 unspecified atom stereocenters. The van der Waals surface area contributed by atoms with Gasteiger partial charge in [-0.1, -0.05) is 6.08 Å². The number of hydrogen-bond donors (Lipinski definition) is 1. The lowest BCUT2D eigenvalue weighted by Crippen LogP contribution is -2.40. The Morgan fingerprint density at radius 3 is 2.89 bits per heavy atom. The second kappa shape index (κ2) is 4.79. The highest BCUT2D eigenvalue weighted by atomic mass is 16.2. The van der Waals surface area contributed by atoms with Crippen LogP contribution in [0.5, 0.6) is 0 Å². The second-order valence-electron chi connectivity index (χ2n) is 3.69. The lowest BCUT2D eigenvalue weighted by Gasteiger charge is -2.12. The maximum absolute atomic E-state index is 11.9. The highest BCUT2D eigenvalue weighted by Gasteiger charge is 2.37. The predicted octanol–water partition coefficient (Wildman–Crippen LogP) is -0.0202. The van der Waals surface area contributed by atoms with Gasteiger partial charge in [0.1, 0.15) is 12.2 Å². The summed E-state index contributed by atoms with van der Waals surface area (Å²) in [4.78, 5) is 40.0. The van der Waals surface area contributed by atoms with Crippen LogP contribution in [0.3, 0.4) is 0 Å². The molecule has 3 amide bonds. The van der Waals surface area contributed by atoms with Crippen molar-refractivity contribution in [1.29, 1.82) is 0 Å². The fraction of sp³-hybridized carbons (Fsp3) is 0.167. The Morgan fingerprint density at radius 1 is 1.44 bits per heavy atom. The third-order valence-corrected chi connectivity index (χ3v) is 2.48. The molecule has 92 valence electrons. The average molecular weight is 245 g/mol. The van der Waals surface area contributed by atoms with Crippen LogP contribution >= 0.6 is 0 Å². The van der Waals surface area contributed by atoms with Crippen molar-refractivity contribution in [2.75, 3.05) is 13.1 Å². The molecule has 1 N–H and O–H groups in total. The van der Waals surface area contributed by atoms with Crippen LogP contribution in [-0.4, -0.2) is 40.7 Å². The van der Waals surface area contributed by atoms with Gasteiger partial charge in [-0.2, -0.15) is 0 Å². The van der Waals surface area contributed by atoms with E-state index >= 15 is 0 Å². The SMILES string of the molecule is C=CCNC(=O)CN1C(=O)c2cccnc2C1=O. The lowest BCUT2D eigenvalue weighted by molar-refractivity contribution is -0.121. The molecule has 0 saturated heterocycles. The monoisotopic (exact) mass is 245 g/mol. The number of rotatable bonds is 4. The van der Waals surface area contributed by atoms with Crippen molar-refractivity contribution in [3.05, 3.63) is 42.2 Å². The number of amides is 3. The number of nitrogens with zero attached hydrogens (tertiary/aromatic N) is 2. The Hall–Kier alpha value is -2.50.